The first-order valence-corrected chi connectivity index (χ1v) is 6.37. The van der Waals surface area contributed by atoms with E-state index in [1.807, 2.05) is 27.7 Å². The van der Waals surface area contributed by atoms with Crippen LogP contribution in [0.1, 0.15) is 27.7 Å². The zero-order valence-electron chi connectivity index (χ0n) is 11.7. The lowest BCUT2D eigenvalue weighted by molar-refractivity contribution is -0.120. The third-order valence-electron chi connectivity index (χ3n) is 3.01. The van der Waals surface area contributed by atoms with E-state index in [0.29, 0.717) is 5.78 Å². The van der Waals surface area contributed by atoms with Crippen LogP contribution in [0, 0.1) is 5.92 Å². The molecule has 0 aromatic carbocycles. The molecule has 1 saturated heterocycles. The normalized spacial score (nSPS) is 23.1. The highest BCUT2D eigenvalue weighted by Gasteiger charge is 2.36. The molecule has 1 aliphatic carbocycles. The number of piperazine rings is 1. The van der Waals surface area contributed by atoms with Gasteiger partial charge in [-0.2, -0.15) is 0 Å². The van der Waals surface area contributed by atoms with Gasteiger partial charge in [0.15, 0.2) is 5.78 Å². The van der Waals surface area contributed by atoms with Crippen molar-refractivity contribution in [1.29, 1.82) is 0 Å². The molecule has 4 heteroatoms. The Kier molecular flexibility index (Phi) is 7.83. The van der Waals surface area contributed by atoms with E-state index in [9.17, 15) is 4.79 Å². The topological polar surface area (TPSA) is 52.6 Å². The Balaban J connectivity index is 0.000000581. The fraction of sp³-hybridized carbons (Fsp3) is 0.769. The molecule has 2 rings (SSSR count). The van der Waals surface area contributed by atoms with Gasteiger partial charge in [-0.15, -0.1) is 0 Å². The Labute approximate surface area is 105 Å². The van der Waals surface area contributed by atoms with Crippen molar-refractivity contribution in [3.63, 3.8) is 0 Å². The van der Waals surface area contributed by atoms with Gasteiger partial charge >= 0.3 is 0 Å². The van der Waals surface area contributed by atoms with Crippen LogP contribution in [0.2, 0.25) is 0 Å². The van der Waals surface area contributed by atoms with Crippen LogP contribution < -0.4 is 5.32 Å². The first-order chi connectivity index (χ1) is 8.22. The third kappa shape index (κ3) is 3.54. The molecule has 4 nitrogen and oxygen atoms in total. The summed E-state index contributed by atoms with van der Waals surface area (Å²) in [7, 11) is 1.00. The van der Waals surface area contributed by atoms with Crippen molar-refractivity contribution in [3.8, 4) is 0 Å². The van der Waals surface area contributed by atoms with Crippen molar-refractivity contribution in [2.24, 2.45) is 5.92 Å². The number of hydrogen-bond acceptors (Lipinski definition) is 4. The number of hydrogen-bond donors (Lipinski definition) is 2. The molecule has 1 aliphatic heterocycles. The summed E-state index contributed by atoms with van der Waals surface area (Å²) >= 11 is 0. The Morgan fingerprint density at radius 3 is 2.12 bits per heavy atom. The highest BCUT2D eigenvalue weighted by Crippen LogP contribution is 2.32. The summed E-state index contributed by atoms with van der Waals surface area (Å²) in [4.78, 5) is 13.7. The molecule has 0 spiro atoms. The van der Waals surface area contributed by atoms with Gasteiger partial charge in [0.05, 0.1) is 5.92 Å². The lowest BCUT2D eigenvalue weighted by atomic mass is 9.82. The Morgan fingerprint density at radius 2 is 1.71 bits per heavy atom. The van der Waals surface area contributed by atoms with Crippen molar-refractivity contribution in [2.45, 2.75) is 27.7 Å². The van der Waals surface area contributed by atoms with Gasteiger partial charge in [0, 0.05) is 44.6 Å². The smallest absolute Gasteiger partial charge is 0.168 e. The Bertz CT molecular complexity index is 269. The number of nitrogens with one attached hydrogen (secondary N) is 1. The van der Waals surface area contributed by atoms with Gasteiger partial charge < -0.3 is 15.3 Å². The van der Waals surface area contributed by atoms with Gasteiger partial charge in [0.1, 0.15) is 0 Å². The van der Waals surface area contributed by atoms with Gasteiger partial charge in [0.25, 0.3) is 0 Å². The minimum absolute atomic E-state index is 0.151. The molecular weight excluding hydrogens is 216 g/mol. The maximum absolute atomic E-state index is 11.3. The third-order valence-corrected chi connectivity index (χ3v) is 3.01. The maximum Gasteiger partial charge on any atom is 0.168 e. The summed E-state index contributed by atoms with van der Waals surface area (Å²) in [5, 5.41) is 10.3. The van der Waals surface area contributed by atoms with Crippen LogP contribution in [0.3, 0.4) is 0 Å². The largest absolute Gasteiger partial charge is 0.400 e. The van der Waals surface area contributed by atoms with Gasteiger partial charge in [-0.1, -0.05) is 13.8 Å². The number of aliphatic hydroxyl groups is 1. The molecule has 0 bridgehead atoms. The van der Waals surface area contributed by atoms with Gasteiger partial charge in [-0.25, -0.2) is 0 Å². The highest BCUT2D eigenvalue weighted by atomic mass is 16.2. The van der Waals surface area contributed by atoms with E-state index in [1.165, 1.54) is 5.70 Å². The summed E-state index contributed by atoms with van der Waals surface area (Å²) in [5.41, 5.74) is 2.26. The molecule has 0 radical (unpaired) electrons. The summed E-state index contributed by atoms with van der Waals surface area (Å²) in [6.07, 6.45) is 0. The second kappa shape index (κ2) is 8.25. The molecule has 0 amide bonds. The molecule has 0 aromatic rings. The van der Waals surface area contributed by atoms with Gasteiger partial charge in [-0.05, 0) is 13.8 Å². The minimum Gasteiger partial charge on any atom is -0.400 e. The van der Waals surface area contributed by atoms with Crippen LogP contribution >= 0.6 is 0 Å². The zero-order valence-corrected chi connectivity index (χ0v) is 11.7. The molecule has 17 heavy (non-hydrogen) atoms. The van der Waals surface area contributed by atoms with Crippen molar-refractivity contribution in [1.82, 2.24) is 10.2 Å². The lowest BCUT2D eigenvalue weighted by Crippen LogP contribution is -2.48. The fourth-order valence-corrected chi connectivity index (χ4v) is 2.24. The Morgan fingerprint density at radius 1 is 1.24 bits per heavy atom. The van der Waals surface area contributed by atoms with E-state index in [0.717, 1.165) is 38.9 Å². The van der Waals surface area contributed by atoms with E-state index in [1.54, 1.807) is 0 Å². The van der Waals surface area contributed by atoms with E-state index in [-0.39, 0.29) is 5.92 Å². The molecule has 1 atom stereocenters. The number of Topliss-reactive ketones (excluding diaryl/α,β-unsaturated/α-hetero) is 1. The number of ketones is 1. The minimum atomic E-state index is 0.151. The van der Waals surface area contributed by atoms with Crippen LogP contribution in [0.15, 0.2) is 11.3 Å². The van der Waals surface area contributed by atoms with Crippen molar-refractivity contribution >= 4 is 5.78 Å². The standard InChI is InChI=1S/C10H16N2O.C2H6.CH4O/c1-7-9(8(2)10(7)13)12-5-3-11-4-6-12;2*1-2/h7,11H,3-6H2,1-2H3;1-2H3;2H,1H3. The van der Waals surface area contributed by atoms with E-state index in [4.69, 9.17) is 5.11 Å². The predicted molar refractivity (Wildman–Crippen MR) is 70.8 cm³/mol. The monoisotopic (exact) mass is 242 g/mol. The Hall–Kier alpha value is -0.870. The SMILES string of the molecule is CC.CC1=C(N2CCNCC2)C(C)C1=O.CO. The molecular formula is C13H26N2O2. The van der Waals surface area contributed by atoms with Crippen molar-refractivity contribution in [3.05, 3.63) is 11.3 Å². The average molecular weight is 242 g/mol. The number of carbonyl (C=O) groups is 1. The summed E-state index contributed by atoms with van der Waals surface area (Å²) < 4.78 is 0. The van der Waals surface area contributed by atoms with E-state index < -0.39 is 0 Å². The zero-order chi connectivity index (χ0) is 13.4. The molecule has 1 unspecified atom stereocenters. The average Bonchev–Trinajstić information content (AvgIpc) is 2.44. The second-order valence-corrected chi connectivity index (χ2v) is 3.83. The number of aliphatic hydroxyl groups excluding tert-OH is 1. The predicted octanol–water partition coefficient (Wildman–Crippen LogP) is 1.02. The summed E-state index contributed by atoms with van der Waals surface area (Å²) in [5.74, 6) is 0.478. The molecule has 2 N–H and O–H groups in total. The van der Waals surface area contributed by atoms with Crippen LogP contribution in [-0.2, 0) is 4.79 Å². The fourth-order valence-electron chi connectivity index (χ4n) is 2.24. The molecule has 0 saturated carbocycles. The maximum atomic E-state index is 11.3. The van der Waals surface area contributed by atoms with Crippen LogP contribution in [0.25, 0.3) is 0 Å². The highest BCUT2D eigenvalue weighted by molar-refractivity contribution is 6.05. The molecule has 0 aromatic heterocycles. The lowest BCUT2D eigenvalue weighted by Gasteiger charge is -2.40. The second-order valence-electron chi connectivity index (χ2n) is 3.83. The van der Waals surface area contributed by atoms with Crippen LogP contribution in [0.4, 0.5) is 0 Å². The number of allylic oxidation sites excluding steroid dienone is 2. The van der Waals surface area contributed by atoms with E-state index in [2.05, 4.69) is 10.2 Å². The molecule has 1 heterocycles. The van der Waals surface area contributed by atoms with Crippen molar-refractivity contribution in [2.75, 3.05) is 33.3 Å². The van der Waals surface area contributed by atoms with Crippen LogP contribution in [-0.4, -0.2) is 49.1 Å². The first-order valence-electron chi connectivity index (χ1n) is 6.37. The summed E-state index contributed by atoms with van der Waals surface area (Å²) in [6, 6.07) is 0. The number of rotatable bonds is 1. The number of carbonyl (C=O) groups excluding carboxylic acids is 1. The van der Waals surface area contributed by atoms with Gasteiger partial charge in [0.2, 0.25) is 0 Å². The summed E-state index contributed by atoms with van der Waals surface area (Å²) in [6.45, 7) is 12.1. The van der Waals surface area contributed by atoms with Crippen LogP contribution in [0.5, 0.6) is 0 Å². The first kappa shape index (κ1) is 16.1. The molecule has 1 fully saturated rings. The molecule has 100 valence electrons. The van der Waals surface area contributed by atoms with Crippen molar-refractivity contribution < 1.29 is 9.90 Å². The number of nitrogens with zero attached hydrogens (tertiary/aromatic N) is 1. The van der Waals surface area contributed by atoms with Gasteiger partial charge in [-0.3, -0.25) is 4.79 Å². The molecule has 2 aliphatic rings. The van der Waals surface area contributed by atoms with E-state index >= 15 is 0 Å². The quantitative estimate of drug-likeness (QED) is 0.721.